The molecular formula is C18H15FN2O3S. The zero-order chi connectivity index (χ0) is 17.6. The highest BCUT2D eigenvalue weighted by Gasteiger charge is 2.53. The van der Waals surface area contributed by atoms with Crippen LogP contribution in [0.5, 0.6) is 5.75 Å². The summed E-state index contributed by atoms with van der Waals surface area (Å²) in [6, 6.07) is 12.0. The van der Waals surface area contributed by atoms with Gasteiger partial charge < -0.3 is 4.74 Å². The molecule has 4 rings (SSSR count). The van der Waals surface area contributed by atoms with Gasteiger partial charge in [-0.3, -0.25) is 9.69 Å². The molecular weight excluding hydrogens is 343 g/mol. The summed E-state index contributed by atoms with van der Waals surface area (Å²) in [7, 11) is 1.60. The number of fused-ring (bicyclic) bond motifs is 1. The van der Waals surface area contributed by atoms with Gasteiger partial charge in [0.25, 0.3) is 5.91 Å². The first-order chi connectivity index (χ1) is 12.1. The molecule has 2 aliphatic heterocycles. The van der Waals surface area contributed by atoms with E-state index in [4.69, 9.17) is 4.74 Å². The minimum Gasteiger partial charge on any atom is -0.497 e. The maximum atomic E-state index is 13.1. The fraction of sp³-hybridized carbons (Fsp3) is 0.222. The average molecular weight is 358 g/mol. The first kappa shape index (κ1) is 16.0. The molecule has 2 aromatic carbocycles. The van der Waals surface area contributed by atoms with Crippen molar-refractivity contribution >= 4 is 29.4 Å². The van der Waals surface area contributed by atoms with E-state index in [0.29, 0.717) is 11.4 Å². The summed E-state index contributed by atoms with van der Waals surface area (Å²) in [5.41, 5.74) is 1.33. The van der Waals surface area contributed by atoms with Gasteiger partial charge in [0.15, 0.2) is 0 Å². The highest BCUT2D eigenvalue weighted by atomic mass is 32.2. The molecule has 2 heterocycles. The molecule has 0 saturated carbocycles. The van der Waals surface area contributed by atoms with Crippen LogP contribution in [0, 0.1) is 5.82 Å². The van der Waals surface area contributed by atoms with Crippen LogP contribution in [-0.4, -0.2) is 35.7 Å². The molecule has 25 heavy (non-hydrogen) atoms. The van der Waals surface area contributed by atoms with Gasteiger partial charge in [0.2, 0.25) is 0 Å². The number of hydrogen-bond donors (Lipinski definition) is 0. The van der Waals surface area contributed by atoms with Crippen molar-refractivity contribution in [3.63, 3.8) is 0 Å². The molecule has 0 spiro atoms. The lowest BCUT2D eigenvalue weighted by Crippen LogP contribution is -2.33. The topological polar surface area (TPSA) is 49.9 Å². The lowest BCUT2D eigenvalue weighted by Gasteiger charge is -2.23. The summed E-state index contributed by atoms with van der Waals surface area (Å²) in [5.74, 6) is 0.606. The van der Waals surface area contributed by atoms with Crippen molar-refractivity contribution < 1.29 is 18.7 Å². The van der Waals surface area contributed by atoms with Crippen molar-refractivity contribution in [1.82, 2.24) is 4.90 Å². The number of carbonyl (C=O) groups is 2. The number of methoxy groups -OCH3 is 1. The van der Waals surface area contributed by atoms with Crippen LogP contribution < -0.4 is 9.64 Å². The molecule has 0 aromatic heterocycles. The molecule has 0 bridgehead atoms. The number of carbonyl (C=O) groups excluding carboxylic acids is 2. The van der Waals surface area contributed by atoms with Crippen molar-refractivity contribution in [1.29, 1.82) is 0 Å². The summed E-state index contributed by atoms with van der Waals surface area (Å²) >= 11 is 1.56. The monoisotopic (exact) mass is 358 g/mol. The van der Waals surface area contributed by atoms with Gasteiger partial charge in [-0.05, 0) is 42.0 Å². The molecule has 0 aliphatic carbocycles. The van der Waals surface area contributed by atoms with E-state index in [9.17, 15) is 14.0 Å². The summed E-state index contributed by atoms with van der Waals surface area (Å²) in [6.07, 6.45) is 0. The number of ether oxygens (including phenoxy) is 1. The number of anilines is 1. The predicted octanol–water partition coefficient (Wildman–Crippen LogP) is 3.42. The number of imide groups is 1. The molecule has 2 aromatic rings. The van der Waals surface area contributed by atoms with Gasteiger partial charge in [0, 0.05) is 5.75 Å². The van der Waals surface area contributed by atoms with Crippen molar-refractivity contribution in [3.05, 3.63) is 59.9 Å². The molecule has 5 nitrogen and oxygen atoms in total. The average Bonchev–Trinajstić information content (AvgIpc) is 3.17. The normalized spacial score (nSPS) is 22.5. The Morgan fingerprint density at radius 3 is 2.40 bits per heavy atom. The molecule has 2 saturated heterocycles. The van der Waals surface area contributed by atoms with E-state index in [1.807, 2.05) is 24.3 Å². The molecule has 2 atom stereocenters. The van der Waals surface area contributed by atoms with Crippen molar-refractivity contribution in [2.75, 3.05) is 17.8 Å². The number of benzene rings is 2. The second-order valence-electron chi connectivity index (χ2n) is 5.81. The first-order valence-electron chi connectivity index (χ1n) is 7.77. The van der Waals surface area contributed by atoms with E-state index in [-0.39, 0.29) is 17.3 Å². The van der Waals surface area contributed by atoms with Gasteiger partial charge in [0.1, 0.15) is 23.0 Å². The number of thioether (sulfide) groups is 1. The SMILES string of the molecule is COc1ccc([C@H]2SC[C@@H]3C(=O)N(c4ccc(F)cc4)C(=O)N32)cc1. The molecule has 0 radical (unpaired) electrons. The third kappa shape index (κ3) is 2.55. The number of rotatable bonds is 3. The number of hydrogen-bond acceptors (Lipinski definition) is 4. The fourth-order valence-electron chi connectivity index (χ4n) is 3.14. The molecule has 7 heteroatoms. The zero-order valence-electron chi connectivity index (χ0n) is 13.4. The lowest BCUT2D eigenvalue weighted by molar-refractivity contribution is -0.119. The predicted molar refractivity (Wildman–Crippen MR) is 93.1 cm³/mol. The zero-order valence-corrected chi connectivity index (χ0v) is 14.2. The Kier molecular flexibility index (Phi) is 3.88. The van der Waals surface area contributed by atoms with E-state index in [1.54, 1.807) is 23.8 Å². The van der Waals surface area contributed by atoms with Gasteiger partial charge >= 0.3 is 6.03 Å². The summed E-state index contributed by atoms with van der Waals surface area (Å²) < 4.78 is 18.3. The standard InChI is InChI=1S/C18H15FN2O3S/c1-24-14-8-2-11(3-9-14)17-21-15(10-25-17)16(22)20(18(21)23)13-6-4-12(19)5-7-13/h2-9,15,17H,10H2,1H3/t15-,17-/m1/s1. The first-order valence-corrected chi connectivity index (χ1v) is 8.82. The molecule has 128 valence electrons. The Balaban J connectivity index is 1.65. The van der Waals surface area contributed by atoms with Crippen LogP contribution in [0.2, 0.25) is 0 Å². The van der Waals surface area contributed by atoms with Crippen molar-refractivity contribution in [2.45, 2.75) is 11.4 Å². The fourth-order valence-corrected chi connectivity index (χ4v) is 4.56. The number of nitrogens with zero attached hydrogens (tertiary/aromatic N) is 2. The summed E-state index contributed by atoms with van der Waals surface area (Å²) in [4.78, 5) is 28.3. The summed E-state index contributed by atoms with van der Waals surface area (Å²) in [6.45, 7) is 0. The second kappa shape index (κ2) is 6.07. The Morgan fingerprint density at radius 1 is 1.08 bits per heavy atom. The Morgan fingerprint density at radius 2 is 1.76 bits per heavy atom. The molecule has 3 amide bonds. The Labute approximate surface area is 148 Å². The van der Waals surface area contributed by atoms with Crippen LogP contribution in [0.3, 0.4) is 0 Å². The third-order valence-electron chi connectivity index (χ3n) is 4.40. The van der Waals surface area contributed by atoms with E-state index in [1.165, 1.54) is 24.3 Å². The third-order valence-corrected chi connectivity index (χ3v) is 5.73. The Hall–Kier alpha value is -2.54. The maximum absolute atomic E-state index is 13.1. The van der Waals surface area contributed by atoms with Crippen LogP contribution in [0.4, 0.5) is 14.9 Å². The van der Waals surface area contributed by atoms with Crippen LogP contribution in [0.15, 0.2) is 48.5 Å². The van der Waals surface area contributed by atoms with E-state index >= 15 is 0 Å². The second-order valence-corrected chi connectivity index (χ2v) is 6.93. The Bertz CT molecular complexity index is 825. The van der Waals surface area contributed by atoms with Crippen molar-refractivity contribution in [3.8, 4) is 5.75 Å². The van der Waals surface area contributed by atoms with Gasteiger partial charge in [-0.2, -0.15) is 0 Å². The largest absolute Gasteiger partial charge is 0.497 e. The minimum atomic E-state index is -0.491. The van der Waals surface area contributed by atoms with Crippen LogP contribution in [0.25, 0.3) is 0 Å². The van der Waals surface area contributed by atoms with Crippen molar-refractivity contribution in [2.24, 2.45) is 0 Å². The van der Waals surface area contributed by atoms with Gasteiger partial charge in [-0.1, -0.05) is 12.1 Å². The lowest BCUT2D eigenvalue weighted by atomic mass is 10.2. The minimum absolute atomic E-state index is 0.224. The highest BCUT2D eigenvalue weighted by molar-refractivity contribution is 7.99. The molecule has 0 unspecified atom stereocenters. The molecule has 2 aliphatic rings. The quantitative estimate of drug-likeness (QED) is 0.789. The van der Waals surface area contributed by atoms with E-state index in [2.05, 4.69) is 0 Å². The maximum Gasteiger partial charge on any atom is 0.333 e. The summed E-state index contributed by atoms with van der Waals surface area (Å²) in [5, 5.41) is -0.224. The van der Waals surface area contributed by atoms with Gasteiger partial charge in [-0.25, -0.2) is 14.1 Å². The number of amides is 3. The van der Waals surface area contributed by atoms with Crippen LogP contribution in [0.1, 0.15) is 10.9 Å². The number of halogens is 1. The van der Waals surface area contributed by atoms with E-state index < -0.39 is 11.9 Å². The van der Waals surface area contributed by atoms with Gasteiger partial charge in [-0.15, -0.1) is 11.8 Å². The highest BCUT2D eigenvalue weighted by Crippen LogP contribution is 2.46. The van der Waals surface area contributed by atoms with Crippen LogP contribution in [-0.2, 0) is 4.79 Å². The van der Waals surface area contributed by atoms with Crippen LogP contribution >= 0.6 is 11.8 Å². The van der Waals surface area contributed by atoms with Gasteiger partial charge in [0.05, 0.1) is 12.8 Å². The number of urea groups is 1. The molecule has 0 N–H and O–H groups in total. The smallest absolute Gasteiger partial charge is 0.333 e. The van der Waals surface area contributed by atoms with E-state index in [0.717, 1.165) is 16.2 Å². The molecule has 2 fully saturated rings.